The highest BCUT2D eigenvalue weighted by Gasteiger charge is 2.18. The van der Waals surface area contributed by atoms with Gasteiger partial charge in [0.15, 0.2) is 11.3 Å². The fourth-order valence-corrected chi connectivity index (χ4v) is 3.31. The molecule has 0 saturated carbocycles. The van der Waals surface area contributed by atoms with Gasteiger partial charge in [-0.3, -0.25) is 9.36 Å². The molecule has 0 aliphatic rings. The summed E-state index contributed by atoms with van der Waals surface area (Å²) in [5.74, 6) is -0.732. The van der Waals surface area contributed by atoms with Gasteiger partial charge in [-0.2, -0.15) is 5.26 Å². The Balaban J connectivity index is 1.88. The second kappa shape index (κ2) is 6.31. The zero-order valence-electron chi connectivity index (χ0n) is 13.7. The molecule has 0 atom stereocenters. The number of fused-ring (bicyclic) bond motifs is 1. The van der Waals surface area contributed by atoms with Gasteiger partial charge in [-0.15, -0.1) is 0 Å². The molecular weight excluding hydrogens is 369 g/mol. The molecule has 0 bridgehead atoms. The molecule has 0 amide bonds. The van der Waals surface area contributed by atoms with Crippen LogP contribution in [-0.4, -0.2) is 14.7 Å². The summed E-state index contributed by atoms with van der Waals surface area (Å²) < 4.78 is 14.6. The maximum absolute atomic E-state index is 13.1. The van der Waals surface area contributed by atoms with E-state index in [1.54, 1.807) is 30.3 Å². The first kappa shape index (κ1) is 16.9. The van der Waals surface area contributed by atoms with Crippen LogP contribution < -0.4 is 5.56 Å². The van der Waals surface area contributed by atoms with E-state index in [4.69, 9.17) is 16.9 Å². The zero-order valence-corrected chi connectivity index (χ0v) is 14.5. The molecule has 7 heteroatoms. The van der Waals surface area contributed by atoms with Gasteiger partial charge < -0.3 is 10.1 Å². The molecule has 5 nitrogen and oxygen atoms in total. The van der Waals surface area contributed by atoms with Crippen molar-refractivity contribution in [1.82, 2.24) is 9.55 Å². The molecule has 2 N–H and O–H groups in total. The summed E-state index contributed by atoms with van der Waals surface area (Å²) >= 11 is 6.30. The third kappa shape index (κ3) is 2.75. The highest BCUT2D eigenvalue weighted by atomic mass is 35.5. The van der Waals surface area contributed by atoms with Crippen molar-refractivity contribution in [3.05, 3.63) is 81.5 Å². The van der Waals surface area contributed by atoms with Crippen LogP contribution in [0.3, 0.4) is 0 Å². The largest absolute Gasteiger partial charge is 0.504 e. The summed E-state index contributed by atoms with van der Waals surface area (Å²) in [6, 6.07) is 16.6. The first-order valence-corrected chi connectivity index (χ1v) is 8.30. The number of aromatic amines is 1. The van der Waals surface area contributed by atoms with Gasteiger partial charge in [-0.1, -0.05) is 35.9 Å². The summed E-state index contributed by atoms with van der Waals surface area (Å²) in [4.78, 5) is 14.4. The van der Waals surface area contributed by atoms with Gasteiger partial charge in [-0.05, 0) is 41.5 Å². The first-order chi connectivity index (χ1) is 13.0. The third-order valence-electron chi connectivity index (χ3n) is 4.31. The predicted molar refractivity (Wildman–Crippen MR) is 101 cm³/mol. The maximum Gasteiger partial charge on any atom is 0.270 e. The zero-order chi connectivity index (χ0) is 19.1. The van der Waals surface area contributed by atoms with Crippen molar-refractivity contribution in [2.75, 3.05) is 0 Å². The average Bonchev–Trinajstić information content (AvgIpc) is 2.99. The number of hydrogen-bond acceptors (Lipinski definition) is 3. The molecule has 132 valence electrons. The normalized spacial score (nSPS) is 10.9. The number of benzene rings is 2. The summed E-state index contributed by atoms with van der Waals surface area (Å²) in [7, 11) is 0. The molecule has 0 fully saturated rings. The summed E-state index contributed by atoms with van der Waals surface area (Å²) in [5, 5.41) is 19.8. The van der Waals surface area contributed by atoms with Gasteiger partial charge in [0.1, 0.15) is 22.6 Å². The average molecular weight is 380 g/mol. The number of hydrogen-bond donors (Lipinski definition) is 2. The molecule has 4 rings (SSSR count). The quantitative estimate of drug-likeness (QED) is 0.543. The van der Waals surface area contributed by atoms with Crippen LogP contribution in [0.25, 0.3) is 27.8 Å². The molecule has 2 heterocycles. The molecule has 0 spiro atoms. The van der Waals surface area contributed by atoms with Gasteiger partial charge in [0.25, 0.3) is 5.56 Å². The third-order valence-corrected chi connectivity index (χ3v) is 4.59. The molecule has 2 aromatic heterocycles. The minimum absolute atomic E-state index is 0.241. The Bertz CT molecular complexity index is 1270. The second-order valence-corrected chi connectivity index (χ2v) is 6.30. The number of aromatic hydroxyl groups is 1. The number of aromatic nitrogens is 2. The fraction of sp³-hybridized carbons (Fsp3) is 0. The van der Waals surface area contributed by atoms with Gasteiger partial charge in [0, 0.05) is 5.69 Å². The number of halogens is 2. The number of nitrogens with zero attached hydrogens (tertiary/aromatic N) is 2. The van der Waals surface area contributed by atoms with E-state index in [0.29, 0.717) is 11.2 Å². The molecule has 0 aliphatic carbocycles. The van der Waals surface area contributed by atoms with Gasteiger partial charge in [-0.25, -0.2) is 4.39 Å². The fourth-order valence-electron chi connectivity index (χ4n) is 3.02. The standard InChI is InChI=1S/C20H11ClFN3O2/c21-17-9-16-18(19(26)15(10-23)20(27)24-16)25(17)14-7-3-12(4-8-14)11-1-5-13(22)6-2-11/h1-9H,(H2,24,26,27). The van der Waals surface area contributed by atoms with E-state index >= 15 is 0 Å². The number of H-pyrrole nitrogens is 1. The monoisotopic (exact) mass is 379 g/mol. The molecule has 0 unspecified atom stereocenters. The lowest BCUT2D eigenvalue weighted by atomic mass is 10.1. The summed E-state index contributed by atoms with van der Waals surface area (Å²) in [6.45, 7) is 0. The van der Waals surface area contributed by atoms with Crippen LogP contribution in [0.2, 0.25) is 5.15 Å². The van der Waals surface area contributed by atoms with E-state index in [9.17, 15) is 14.3 Å². The van der Waals surface area contributed by atoms with E-state index in [-0.39, 0.29) is 22.1 Å². The number of nitriles is 1. The van der Waals surface area contributed by atoms with E-state index in [1.807, 2.05) is 12.1 Å². The van der Waals surface area contributed by atoms with Gasteiger partial charge in [0.2, 0.25) is 0 Å². The van der Waals surface area contributed by atoms with Crippen molar-refractivity contribution in [1.29, 1.82) is 5.26 Å². The van der Waals surface area contributed by atoms with Crippen molar-refractivity contribution in [3.63, 3.8) is 0 Å². The Morgan fingerprint density at radius 3 is 2.26 bits per heavy atom. The Labute approximate surface area is 157 Å². The molecule has 0 radical (unpaired) electrons. The van der Waals surface area contributed by atoms with Gasteiger partial charge >= 0.3 is 0 Å². The second-order valence-electron chi connectivity index (χ2n) is 5.91. The van der Waals surface area contributed by atoms with Crippen LogP contribution in [0.15, 0.2) is 59.4 Å². The van der Waals surface area contributed by atoms with Crippen molar-refractivity contribution < 1.29 is 9.50 Å². The summed E-state index contributed by atoms with van der Waals surface area (Å²) in [6.07, 6.45) is 0. The lowest BCUT2D eigenvalue weighted by molar-refractivity contribution is 0.476. The van der Waals surface area contributed by atoms with E-state index < -0.39 is 11.3 Å². The van der Waals surface area contributed by atoms with Crippen LogP contribution in [0.4, 0.5) is 4.39 Å². The van der Waals surface area contributed by atoms with E-state index in [0.717, 1.165) is 11.1 Å². The topological polar surface area (TPSA) is 81.8 Å². The van der Waals surface area contributed by atoms with Crippen molar-refractivity contribution >= 4 is 22.6 Å². The lowest BCUT2D eigenvalue weighted by Gasteiger charge is -2.10. The maximum atomic E-state index is 13.1. The molecule has 27 heavy (non-hydrogen) atoms. The lowest BCUT2D eigenvalue weighted by Crippen LogP contribution is -2.10. The summed E-state index contributed by atoms with van der Waals surface area (Å²) in [5.41, 5.74) is 1.87. The van der Waals surface area contributed by atoms with E-state index in [1.165, 1.54) is 22.8 Å². The molecule has 4 aromatic rings. The molecule has 2 aromatic carbocycles. The van der Waals surface area contributed by atoms with Crippen LogP contribution in [0.5, 0.6) is 5.75 Å². The van der Waals surface area contributed by atoms with Crippen molar-refractivity contribution in [3.8, 4) is 28.6 Å². The Hall–Kier alpha value is -3.56. The minimum atomic E-state index is -0.678. The smallest absolute Gasteiger partial charge is 0.270 e. The van der Waals surface area contributed by atoms with Crippen LogP contribution in [0.1, 0.15) is 5.56 Å². The predicted octanol–water partition coefficient (Wildman–Crippen LogP) is 4.36. The highest BCUT2D eigenvalue weighted by molar-refractivity contribution is 6.31. The van der Waals surface area contributed by atoms with Gasteiger partial charge in [0.05, 0.1) is 5.52 Å². The number of nitrogens with one attached hydrogen (secondary N) is 1. The number of rotatable bonds is 2. The Kier molecular flexibility index (Phi) is 3.94. The van der Waals surface area contributed by atoms with E-state index in [2.05, 4.69) is 4.98 Å². The molecule has 0 aliphatic heterocycles. The van der Waals surface area contributed by atoms with Crippen LogP contribution >= 0.6 is 11.6 Å². The SMILES string of the molecule is N#Cc1c(O)c2c(cc(Cl)n2-c2ccc(-c3ccc(F)cc3)cc2)[nH]c1=O. The molecule has 0 saturated heterocycles. The molecular formula is C20H11ClFN3O2. The number of pyridine rings is 1. The van der Waals surface area contributed by atoms with Crippen LogP contribution in [0, 0.1) is 17.1 Å². The van der Waals surface area contributed by atoms with Crippen molar-refractivity contribution in [2.24, 2.45) is 0 Å². The minimum Gasteiger partial charge on any atom is -0.504 e. The van der Waals surface area contributed by atoms with Crippen molar-refractivity contribution in [2.45, 2.75) is 0 Å². The Morgan fingerprint density at radius 2 is 1.67 bits per heavy atom. The highest BCUT2D eigenvalue weighted by Crippen LogP contribution is 2.33. The first-order valence-electron chi connectivity index (χ1n) is 7.92. The van der Waals surface area contributed by atoms with Crippen LogP contribution in [-0.2, 0) is 0 Å². The Morgan fingerprint density at radius 1 is 1.07 bits per heavy atom.